The zero-order chi connectivity index (χ0) is 16.3. The Morgan fingerprint density at radius 1 is 1.18 bits per heavy atom. The number of nitrogens with one attached hydrogen (secondary N) is 1. The summed E-state index contributed by atoms with van der Waals surface area (Å²) in [4.78, 5) is 14.1. The van der Waals surface area contributed by atoms with Crippen molar-refractivity contribution in [3.8, 4) is 0 Å². The number of hydrogen-bond acceptors (Lipinski definition) is 4. The highest BCUT2D eigenvalue weighted by molar-refractivity contribution is 7.88. The van der Waals surface area contributed by atoms with Crippen molar-refractivity contribution >= 4 is 21.6 Å². The molecule has 1 heterocycles. The molecule has 22 heavy (non-hydrogen) atoms. The van der Waals surface area contributed by atoms with Gasteiger partial charge in [0.1, 0.15) is 0 Å². The van der Waals surface area contributed by atoms with E-state index < -0.39 is 10.0 Å². The van der Waals surface area contributed by atoms with Crippen molar-refractivity contribution in [3.63, 3.8) is 0 Å². The van der Waals surface area contributed by atoms with Crippen LogP contribution >= 0.6 is 0 Å². The van der Waals surface area contributed by atoms with E-state index in [-0.39, 0.29) is 12.5 Å². The average molecular weight is 325 g/mol. The van der Waals surface area contributed by atoms with Crippen LogP contribution in [-0.2, 0) is 14.8 Å². The Bertz CT molecular complexity index is 650. The van der Waals surface area contributed by atoms with Gasteiger partial charge in [-0.3, -0.25) is 9.69 Å². The molecule has 0 aliphatic carbocycles. The predicted octanol–water partition coefficient (Wildman–Crippen LogP) is 0.819. The van der Waals surface area contributed by atoms with E-state index >= 15 is 0 Å². The number of hydrogen-bond donors (Lipinski definition) is 1. The highest BCUT2D eigenvalue weighted by atomic mass is 32.2. The monoisotopic (exact) mass is 325 g/mol. The molecule has 1 aromatic rings. The van der Waals surface area contributed by atoms with E-state index in [2.05, 4.69) is 5.32 Å². The van der Waals surface area contributed by atoms with Gasteiger partial charge >= 0.3 is 0 Å². The first-order chi connectivity index (χ1) is 10.3. The van der Waals surface area contributed by atoms with Gasteiger partial charge in [0.05, 0.1) is 12.8 Å². The van der Waals surface area contributed by atoms with Gasteiger partial charge < -0.3 is 5.32 Å². The zero-order valence-electron chi connectivity index (χ0n) is 13.3. The topological polar surface area (TPSA) is 69.7 Å². The number of anilines is 1. The maximum atomic E-state index is 12.1. The molecule has 0 unspecified atom stereocenters. The summed E-state index contributed by atoms with van der Waals surface area (Å²) in [7, 11) is -3.13. The van der Waals surface area contributed by atoms with Crippen LogP contribution in [0.25, 0.3) is 0 Å². The lowest BCUT2D eigenvalue weighted by atomic mass is 10.1. The number of rotatable bonds is 4. The van der Waals surface area contributed by atoms with Gasteiger partial charge in [-0.15, -0.1) is 0 Å². The summed E-state index contributed by atoms with van der Waals surface area (Å²) in [6.45, 7) is 6.26. The van der Waals surface area contributed by atoms with Gasteiger partial charge in [-0.05, 0) is 31.0 Å². The Labute approximate surface area is 132 Å². The van der Waals surface area contributed by atoms with Crippen LogP contribution in [0.5, 0.6) is 0 Å². The van der Waals surface area contributed by atoms with Crippen LogP contribution in [0.3, 0.4) is 0 Å². The van der Waals surface area contributed by atoms with Crippen LogP contribution in [-0.4, -0.2) is 62.5 Å². The molecule has 0 bridgehead atoms. The molecular weight excluding hydrogens is 302 g/mol. The number of carbonyl (C=O) groups excluding carboxylic acids is 1. The van der Waals surface area contributed by atoms with Crippen LogP contribution in [0.2, 0.25) is 0 Å². The molecule has 1 amide bonds. The van der Waals surface area contributed by atoms with Gasteiger partial charge in [0.2, 0.25) is 15.9 Å². The molecule has 7 heteroatoms. The first-order valence-corrected chi connectivity index (χ1v) is 9.15. The number of sulfonamides is 1. The van der Waals surface area contributed by atoms with Crippen molar-refractivity contribution in [3.05, 3.63) is 29.3 Å². The van der Waals surface area contributed by atoms with E-state index in [1.807, 2.05) is 36.9 Å². The second-order valence-electron chi connectivity index (χ2n) is 5.80. The van der Waals surface area contributed by atoms with Gasteiger partial charge in [0.15, 0.2) is 0 Å². The minimum atomic E-state index is -3.13. The number of carbonyl (C=O) groups is 1. The van der Waals surface area contributed by atoms with E-state index in [0.29, 0.717) is 26.2 Å². The van der Waals surface area contributed by atoms with Gasteiger partial charge in [0.25, 0.3) is 0 Å². The smallest absolute Gasteiger partial charge is 0.238 e. The fraction of sp³-hybridized carbons (Fsp3) is 0.533. The number of nitrogens with zero attached hydrogens (tertiary/aromatic N) is 2. The van der Waals surface area contributed by atoms with Crippen LogP contribution in [0, 0.1) is 13.8 Å². The molecular formula is C15H23N3O3S. The predicted molar refractivity (Wildman–Crippen MR) is 87.4 cm³/mol. The zero-order valence-corrected chi connectivity index (χ0v) is 14.1. The number of aryl methyl sites for hydroxylation is 2. The quantitative estimate of drug-likeness (QED) is 0.890. The molecule has 1 N–H and O–H groups in total. The fourth-order valence-electron chi connectivity index (χ4n) is 2.48. The van der Waals surface area contributed by atoms with E-state index in [9.17, 15) is 13.2 Å². The standard InChI is InChI=1S/C15H23N3O3S/c1-12-4-5-13(2)14(10-12)16-15(19)11-17-6-8-18(9-7-17)22(3,20)21/h4-5,10H,6-9,11H2,1-3H3,(H,16,19). The normalized spacial score (nSPS) is 17.4. The lowest BCUT2D eigenvalue weighted by Crippen LogP contribution is -2.50. The third-order valence-electron chi connectivity index (χ3n) is 3.83. The third-order valence-corrected chi connectivity index (χ3v) is 5.14. The molecule has 1 fully saturated rings. The Hall–Kier alpha value is -1.44. The van der Waals surface area contributed by atoms with Crippen LogP contribution in [0.15, 0.2) is 18.2 Å². The van der Waals surface area contributed by atoms with Crippen molar-refractivity contribution in [1.29, 1.82) is 0 Å². The molecule has 0 spiro atoms. The first-order valence-electron chi connectivity index (χ1n) is 7.30. The molecule has 0 aromatic heterocycles. The van der Waals surface area contributed by atoms with E-state index in [4.69, 9.17) is 0 Å². The van der Waals surface area contributed by atoms with Gasteiger partial charge in [-0.1, -0.05) is 12.1 Å². The number of benzene rings is 1. The summed E-state index contributed by atoms with van der Waals surface area (Å²) < 4.78 is 24.4. The average Bonchev–Trinajstić information content (AvgIpc) is 2.42. The molecule has 0 atom stereocenters. The van der Waals surface area contributed by atoms with E-state index in [1.54, 1.807) is 0 Å². The number of piperazine rings is 1. The highest BCUT2D eigenvalue weighted by Gasteiger charge is 2.24. The van der Waals surface area contributed by atoms with E-state index in [0.717, 1.165) is 16.8 Å². The van der Waals surface area contributed by atoms with Gasteiger partial charge in [-0.2, -0.15) is 4.31 Å². The Morgan fingerprint density at radius 2 is 1.82 bits per heavy atom. The Balaban J connectivity index is 1.87. The molecule has 1 aromatic carbocycles. The lowest BCUT2D eigenvalue weighted by molar-refractivity contribution is -0.117. The van der Waals surface area contributed by atoms with Gasteiger partial charge in [-0.25, -0.2) is 8.42 Å². The van der Waals surface area contributed by atoms with Crippen LogP contribution in [0.1, 0.15) is 11.1 Å². The van der Waals surface area contributed by atoms with Crippen molar-refractivity contribution in [2.75, 3.05) is 44.3 Å². The largest absolute Gasteiger partial charge is 0.325 e. The molecule has 122 valence electrons. The summed E-state index contributed by atoms with van der Waals surface area (Å²) >= 11 is 0. The third kappa shape index (κ3) is 4.53. The van der Waals surface area contributed by atoms with Crippen LogP contribution in [0.4, 0.5) is 5.69 Å². The molecule has 0 radical (unpaired) electrons. The molecule has 1 aliphatic heterocycles. The first kappa shape index (κ1) is 16.9. The summed E-state index contributed by atoms with van der Waals surface area (Å²) in [5, 5.41) is 2.93. The minimum Gasteiger partial charge on any atom is -0.325 e. The SMILES string of the molecule is Cc1ccc(C)c(NC(=O)CN2CCN(S(C)(=O)=O)CC2)c1. The second kappa shape index (κ2) is 6.76. The molecule has 1 saturated heterocycles. The van der Waals surface area contributed by atoms with Crippen LogP contribution < -0.4 is 5.32 Å². The maximum Gasteiger partial charge on any atom is 0.238 e. The minimum absolute atomic E-state index is 0.0681. The van der Waals surface area contributed by atoms with Crippen molar-refractivity contribution < 1.29 is 13.2 Å². The fourth-order valence-corrected chi connectivity index (χ4v) is 3.31. The highest BCUT2D eigenvalue weighted by Crippen LogP contribution is 2.16. The molecule has 6 nitrogen and oxygen atoms in total. The van der Waals surface area contributed by atoms with Gasteiger partial charge in [0, 0.05) is 31.9 Å². The second-order valence-corrected chi connectivity index (χ2v) is 7.79. The lowest BCUT2D eigenvalue weighted by Gasteiger charge is -2.32. The van der Waals surface area contributed by atoms with Crippen molar-refractivity contribution in [1.82, 2.24) is 9.21 Å². The summed E-state index contributed by atoms with van der Waals surface area (Å²) in [5.74, 6) is -0.0681. The molecule has 0 saturated carbocycles. The Morgan fingerprint density at radius 3 is 2.41 bits per heavy atom. The van der Waals surface area contributed by atoms with Crippen molar-refractivity contribution in [2.45, 2.75) is 13.8 Å². The molecule has 1 aliphatic rings. The Kier molecular flexibility index (Phi) is 5.20. The van der Waals surface area contributed by atoms with E-state index in [1.165, 1.54) is 10.6 Å². The molecule has 2 rings (SSSR count). The van der Waals surface area contributed by atoms with Crippen molar-refractivity contribution in [2.24, 2.45) is 0 Å². The number of amides is 1. The maximum absolute atomic E-state index is 12.1. The summed E-state index contributed by atoms with van der Waals surface area (Å²) in [6, 6.07) is 5.94. The summed E-state index contributed by atoms with van der Waals surface area (Å²) in [5.41, 5.74) is 2.96. The summed E-state index contributed by atoms with van der Waals surface area (Å²) in [6.07, 6.45) is 1.22.